The standard InChI is InChI=1S/C19H19N5O/c1-4-5-16(21)15-8-14(6-7-17(15)22)24-19(25)18-12(3)11(2)13(9-20)10-23-18/h4-8,10,21H,22H2,1-3H3,(H,24,25)/b5-4+,21-16?. The van der Waals surface area contributed by atoms with Gasteiger partial charge >= 0.3 is 0 Å². The first-order chi connectivity index (χ1) is 11.9. The summed E-state index contributed by atoms with van der Waals surface area (Å²) in [5.41, 5.74) is 9.80. The number of aromatic nitrogens is 1. The number of carbonyl (C=O) groups excluding carboxylic acids is 1. The summed E-state index contributed by atoms with van der Waals surface area (Å²) >= 11 is 0. The Labute approximate surface area is 146 Å². The van der Waals surface area contributed by atoms with E-state index in [4.69, 9.17) is 16.4 Å². The number of hydrogen-bond donors (Lipinski definition) is 3. The average molecular weight is 333 g/mol. The Kier molecular flexibility index (Phi) is 5.30. The quantitative estimate of drug-likeness (QED) is 0.587. The van der Waals surface area contributed by atoms with E-state index in [2.05, 4.69) is 16.4 Å². The van der Waals surface area contributed by atoms with Gasteiger partial charge in [0, 0.05) is 23.1 Å². The molecule has 0 fully saturated rings. The highest BCUT2D eigenvalue weighted by molar-refractivity contribution is 6.11. The zero-order chi connectivity index (χ0) is 18.6. The van der Waals surface area contributed by atoms with Gasteiger partial charge in [0.15, 0.2) is 0 Å². The van der Waals surface area contributed by atoms with Gasteiger partial charge in [-0.25, -0.2) is 4.98 Å². The molecule has 6 nitrogen and oxygen atoms in total. The van der Waals surface area contributed by atoms with E-state index in [1.807, 2.05) is 6.92 Å². The van der Waals surface area contributed by atoms with Crippen molar-refractivity contribution < 1.29 is 4.79 Å². The summed E-state index contributed by atoms with van der Waals surface area (Å²) in [6, 6.07) is 7.02. The second-order valence-electron chi connectivity index (χ2n) is 5.55. The topological polar surface area (TPSA) is 116 Å². The summed E-state index contributed by atoms with van der Waals surface area (Å²) in [6.45, 7) is 5.36. The fourth-order valence-corrected chi connectivity index (χ4v) is 2.36. The molecule has 4 N–H and O–H groups in total. The van der Waals surface area contributed by atoms with Crippen molar-refractivity contribution in [2.24, 2.45) is 0 Å². The summed E-state index contributed by atoms with van der Waals surface area (Å²) in [5, 5.41) is 19.8. The highest BCUT2D eigenvalue weighted by Crippen LogP contribution is 2.21. The predicted octanol–water partition coefficient (Wildman–Crippen LogP) is 3.35. The summed E-state index contributed by atoms with van der Waals surface area (Å²) in [6.07, 6.45) is 4.78. The van der Waals surface area contributed by atoms with Crippen molar-refractivity contribution in [3.05, 3.63) is 64.5 Å². The van der Waals surface area contributed by atoms with Crippen molar-refractivity contribution in [2.45, 2.75) is 20.8 Å². The van der Waals surface area contributed by atoms with E-state index in [0.29, 0.717) is 28.1 Å². The SMILES string of the molecule is C/C=C/C(=N)c1cc(NC(=O)c2ncc(C#N)c(C)c2C)ccc1N. The van der Waals surface area contributed by atoms with Crippen LogP contribution in [0.25, 0.3) is 0 Å². The first-order valence-corrected chi connectivity index (χ1v) is 7.67. The van der Waals surface area contributed by atoms with E-state index >= 15 is 0 Å². The lowest BCUT2D eigenvalue weighted by molar-refractivity contribution is 0.102. The Hall–Kier alpha value is -3.46. The fourth-order valence-electron chi connectivity index (χ4n) is 2.36. The molecule has 0 unspecified atom stereocenters. The monoisotopic (exact) mass is 333 g/mol. The Morgan fingerprint density at radius 3 is 2.72 bits per heavy atom. The lowest BCUT2D eigenvalue weighted by atomic mass is 10.0. The third kappa shape index (κ3) is 3.72. The van der Waals surface area contributed by atoms with E-state index in [1.54, 1.807) is 44.2 Å². The molecule has 0 atom stereocenters. The molecule has 1 aromatic carbocycles. The van der Waals surface area contributed by atoms with Gasteiger partial charge in [-0.2, -0.15) is 5.26 Å². The zero-order valence-electron chi connectivity index (χ0n) is 14.3. The van der Waals surface area contributed by atoms with Crippen LogP contribution in [0.3, 0.4) is 0 Å². The molecule has 0 saturated heterocycles. The minimum absolute atomic E-state index is 0.262. The van der Waals surface area contributed by atoms with Gasteiger partial charge in [0.1, 0.15) is 11.8 Å². The maximum Gasteiger partial charge on any atom is 0.274 e. The van der Waals surface area contributed by atoms with Crippen LogP contribution in [0.2, 0.25) is 0 Å². The minimum atomic E-state index is -0.377. The first kappa shape index (κ1) is 17.9. The predicted molar refractivity (Wildman–Crippen MR) is 98.9 cm³/mol. The molecule has 1 aromatic heterocycles. The van der Waals surface area contributed by atoms with Crippen molar-refractivity contribution in [2.75, 3.05) is 11.1 Å². The van der Waals surface area contributed by atoms with Crippen LogP contribution >= 0.6 is 0 Å². The fraction of sp³-hybridized carbons (Fsp3) is 0.158. The number of carbonyl (C=O) groups is 1. The van der Waals surface area contributed by atoms with E-state index < -0.39 is 0 Å². The van der Waals surface area contributed by atoms with Crippen molar-refractivity contribution >= 4 is 23.0 Å². The molecule has 2 rings (SSSR count). The molecule has 1 amide bonds. The Morgan fingerprint density at radius 1 is 1.36 bits per heavy atom. The van der Waals surface area contributed by atoms with Gasteiger partial charge in [-0.05, 0) is 56.2 Å². The van der Waals surface area contributed by atoms with E-state index in [0.717, 1.165) is 5.56 Å². The lowest BCUT2D eigenvalue weighted by Gasteiger charge is -2.11. The van der Waals surface area contributed by atoms with Crippen molar-refractivity contribution in [3.63, 3.8) is 0 Å². The Morgan fingerprint density at radius 2 is 2.08 bits per heavy atom. The smallest absolute Gasteiger partial charge is 0.274 e. The molecule has 0 radical (unpaired) electrons. The molecule has 0 bridgehead atoms. The zero-order valence-corrected chi connectivity index (χ0v) is 14.3. The van der Waals surface area contributed by atoms with Crippen LogP contribution in [-0.4, -0.2) is 16.6 Å². The maximum atomic E-state index is 12.5. The number of hydrogen-bond acceptors (Lipinski definition) is 5. The van der Waals surface area contributed by atoms with Crippen LogP contribution in [0.15, 0.2) is 36.5 Å². The number of nitrogen functional groups attached to an aromatic ring is 1. The van der Waals surface area contributed by atoms with Crippen molar-refractivity contribution in [3.8, 4) is 6.07 Å². The average Bonchev–Trinajstić information content (AvgIpc) is 2.59. The number of amides is 1. The van der Waals surface area contributed by atoms with Gasteiger partial charge in [0.2, 0.25) is 0 Å². The summed E-state index contributed by atoms with van der Waals surface area (Å²) < 4.78 is 0. The number of allylic oxidation sites excluding steroid dienone is 2. The van der Waals surface area contributed by atoms with Gasteiger partial charge in [-0.3, -0.25) is 4.79 Å². The molecule has 0 spiro atoms. The lowest BCUT2D eigenvalue weighted by Crippen LogP contribution is -2.17. The second-order valence-corrected chi connectivity index (χ2v) is 5.55. The number of nitrogens with two attached hydrogens (primary N) is 1. The van der Waals surface area contributed by atoms with E-state index in [9.17, 15) is 4.79 Å². The minimum Gasteiger partial charge on any atom is -0.398 e. The third-order valence-electron chi connectivity index (χ3n) is 3.91. The van der Waals surface area contributed by atoms with E-state index in [1.165, 1.54) is 6.20 Å². The van der Waals surface area contributed by atoms with Crippen LogP contribution in [0.5, 0.6) is 0 Å². The summed E-state index contributed by atoms with van der Waals surface area (Å²) in [5.74, 6) is -0.377. The van der Waals surface area contributed by atoms with Crippen LogP contribution in [0.4, 0.5) is 11.4 Å². The molecule has 2 aromatic rings. The summed E-state index contributed by atoms with van der Waals surface area (Å²) in [4.78, 5) is 16.6. The van der Waals surface area contributed by atoms with Crippen LogP contribution < -0.4 is 11.1 Å². The molecule has 1 heterocycles. The highest BCUT2D eigenvalue weighted by Gasteiger charge is 2.15. The van der Waals surface area contributed by atoms with Gasteiger partial charge < -0.3 is 16.5 Å². The molecular weight excluding hydrogens is 314 g/mol. The molecule has 0 aliphatic rings. The largest absolute Gasteiger partial charge is 0.398 e. The first-order valence-electron chi connectivity index (χ1n) is 7.67. The number of nitriles is 1. The number of pyridine rings is 1. The molecule has 0 aliphatic carbocycles. The molecule has 126 valence electrons. The van der Waals surface area contributed by atoms with Gasteiger partial charge in [0.25, 0.3) is 5.91 Å². The Balaban J connectivity index is 2.33. The number of nitrogens with one attached hydrogen (secondary N) is 2. The number of anilines is 2. The molecule has 25 heavy (non-hydrogen) atoms. The molecule has 0 aliphatic heterocycles. The molecule has 6 heteroatoms. The van der Waals surface area contributed by atoms with Crippen molar-refractivity contribution in [1.82, 2.24) is 4.98 Å². The summed E-state index contributed by atoms with van der Waals surface area (Å²) in [7, 11) is 0. The normalized spacial score (nSPS) is 10.5. The maximum absolute atomic E-state index is 12.5. The van der Waals surface area contributed by atoms with Crippen LogP contribution in [0, 0.1) is 30.6 Å². The van der Waals surface area contributed by atoms with Crippen LogP contribution in [0.1, 0.15) is 39.7 Å². The molecule has 0 saturated carbocycles. The van der Waals surface area contributed by atoms with Gasteiger partial charge in [-0.15, -0.1) is 0 Å². The van der Waals surface area contributed by atoms with Gasteiger partial charge in [-0.1, -0.05) is 6.08 Å². The van der Waals surface area contributed by atoms with Crippen molar-refractivity contribution in [1.29, 1.82) is 10.7 Å². The van der Waals surface area contributed by atoms with E-state index in [-0.39, 0.29) is 17.3 Å². The second kappa shape index (κ2) is 7.41. The Bertz CT molecular complexity index is 922. The third-order valence-corrected chi connectivity index (χ3v) is 3.91. The number of benzene rings is 1. The number of rotatable bonds is 4. The van der Waals surface area contributed by atoms with Gasteiger partial charge in [0.05, 0.1) is 11.3 Å². The number of nitrogens with zero attached hydrogens (tertiary/aromatic N) is 2. The molecular formula is C19H19N5O. The van der Waals surface area contributed by atoms with Crippen LogP contribution in [-0.2, 0) is 0 Å². The highest BCUT2D eigenvalue weighted by atomic mass is 16.1.